The average Bonchev–Trinajstić information content (AvgIpc) is 3.24. The molecule has 0 bridgehead atoms. The Morgan fingerprint density at radius 3 is 2.63 bits per heavy atom. The summed E-state index contributed by atoms with van der Waals surface area (Å²) in [4.78, 5) is 9.44. The lowest BCUT2D eigenvalue weighted by molar-refractivity contribution is 0.730. The number of nitrogens with zero attached hydrogens (tertiary/aromatic N) is 4. The van der Waals surface area contributed by atoms with Crippen molar-refractivity contribution in [3.05, 3.63) is 57.7 Å². The van der Waals surface area contributed by atoms with Crippen LogP contribution >= 0.6 is 11.3 Å². The van der Waals surface area contributed by atoms with E-state index in [0.29, 0.717) is 13.1 Å². The number of benzene rings is 1. The molecule has 0 unspecified atom stereocenters. The Balaban J connectivity index is 1.65. The van der Waals surface area contributed by atoms with Gasteiger partial charge in [0.15, 0.2) is 5.96 Å². The molecule has 2 aromatic heterocycles. The molecule has 27 heavy (non-hydrogen) atoms. The van der Waals surface area contributed by atoms with Gasteiger partial charge in [0.05, 0.1) is 24.5 Å². The van der Waals surface area contributed by atoms with Gasteiger partial charge in [-0.2, -0.15) is 5.10 Å². The third kappa shape index (κ3) is 4.74. The van der Waals surface area contributed by atoms with Crippen LogP contribution in [0, 0.1) is 13.8 Å². The number of hydrogen-bond acceptors (Lipinski definition) is 4. The molecule has 0 saturated heterocycles. The van der Waals surface area contributed by atoms with E-state index in [2.05, 4.69) is 47.1 Å². The van der Waals surface area contributed by atoms with E-state index in [1.807, 2.05) is 36.9 Å². The van der Waals surface area contributed by atoms with Gasteiger partial charge in [-0.3, -0.25) is 4.68 Å². The van der Waals surface area contributed by atoms with Gasteiger partial charge >= 0.3 is 0 Å². The fourth-order valence-corrected chi connectivity index (χ4v) is 3.58. The molecule has 0 fully saturated rings. The van der Waals surface area contributed by atoms with E-state index in [1.165, 1.54) is 5.56 Å². The van der Waals surface area contributed by atoms with Crippen molar-refractivity contribution in [3.8, 4) is 11.3 Å². The van der Waals surface area contributed by atoms with Crippen molar-refractivity contribution in [2.75, 3.05) is 6.54 Å². The number of aliphatic imine (C=N–C) groups is 1. The van der Waals surface area contributed by atoms with Crippen molar-refractivity contribution < 1.29 is 0 Å². The molecule has 0 amide bonds. The van der Waals surface area contributed by atoms with E-state index in [4.69, 9.17) is 9.98 Å². The molecule has 3 rings (SSSR count). The molecular formula is C20H26N6S. The van der Waals surface area contributed by atoms with Crippen molar-refractivity contribution in [1.82, 2.24) is 25.4 Å². The fraction of sp³-hybridized carbons (Fsp3) is 0.350. The molecule has 0 atom stereocenters. The zero-order chi connectivity index (χ0) is 19.2. The molecule has 3 aromatic rings. The van der Waals surface area contributed by atoms with Crippen LogP contribution in [0.4, 0.5) is 0 Å². The Hall–Kier alpha value is -2.67. The summed E-state index contributed by atoms with van der Waals surface area (Å²) in [6.45, 7) is 8.23. The third-order valence-electron chi connectivity index (χ3n) is 4.43. The van der Waals surface area contributed by atoms with Crippen LogP contribution in [-0.2, 0) is 20.1 Å². The van der Waals surface area contributed by atoms with Crippen LogP contribution in [0.5, 0.6) is 0 Å². The van der Waals surface area contributed by atoms with Crippen molar-refractivity contribution in [2.24, 2.45) is 12.0 Å². The van der Waals surface area contributed by atoms with Gasteiger partial charge in [0.25, 0.3) is 0 Å². The Morgan fingerprint density at radius 1 is 1.19 bits per heavy atom. The molecule has 0 saturated carbocycles. The first-order chi connectivity index (χ1) is 13.1. The van der Waals surface area contributed by atoms with Crippen LogP contribution in [0.2, 0.25) is 0 Å². The molecule has 0 radical (unpaired) electrons. The molecular weight excluding hydrogens is 356 g/mol. The Bertz CT molecular complexity index is 910. The minimum Gasteiger partial charge on any atom is -0.357 e. The van der Waals surface area contributed by atoms with Gasteiger partial charge in [-0.25, -0.2) is 9.98 Å². The van der Waals surface area contributed by atoms with E-state index in [-0.39, 0.29) is 0 Å². The maximum atomic E-state index is 4.72. The maximum Gasteiger partial charge on any atom is 0.191 e. The number of rotatable bonds is 6. The van der Waals surface area contributed by atoms with Crippen molar-refractivity contribution >= 4 is 17.3 Å². The van der Waals surface area contributed by atoms with Gasteiger partial charge in [0.1, 0.15) is 5.01 Å². The maximum absolute atomic E-state index is 4.72. The third-order valence-corrected chi connectivity index (χ3v) is 5.28. The lowest BCUT2D eigenvalue weighted by Crippen LogP contribution is -2.36. The topological polar surface area (TPSA) is 67.1 Å². The second-order valence-electron chi connectivity index (χ2n) is 6.31. The van der Waals surface area contributed by atoms with Gasteiger partial charge in [0.2, 0.25) is 0 Å². The average molecular weight is 383 g/mol. The highest BCUT2D eigenvalue weighted by atomic mass is 32.1. The summed E-state index contributed by atoms with van der Waals surface area (Å²) in [6.07, 6.45) is 0. The summed E-state index contributed by atoms with van der Waals surface area (Å²) >= 11 is 1.66. The second-order valence-corrected chi connectivity index (χ2v) is 7.26. The molecule has 2 heterocycles. The highest BCUT2D eigenvalue weighted by Gasteiger charge is 2.09. The van der Waals surface area contributed by atoms with Crippen LogP contribution in [-0.4, -0.2) is 27.3 Å². The summed E-state index contributed by atoms with van der Waals surface area (Å²) in [7, 11) is 1.96. The number of hydrogen-bond donors (Lipinski definition) is 2. The minimum atomic E-state index is 0.605. The molecule has 0 spiro atoms. The fourth-order valence-electron chi connectivity index (χ4n) is 2.84. The molecule has 0 aliphatic rings. The SMILES string of the molecule is CCNC(=NCc1c(C)nn(C)c1C)NCc1nc(-c2ccccc2)cs1. The zero-order valence-electron chi connectivity index (χ0n) is 16.3. The number of thiazole rings is 1. The van der Waals surface area contributed by atoms with Crippen LogP contribution in [0.15, 0.2) is 40.7 Å². The Morgan fingerprint density at radius 2 is 1.96 bits per heavy atom. The van der Waals surface area contributed by atoms with Crippen LogP contribution in [0.1, 0.15) is 28.9 Å². The van der Waals surface area contributed by atoms with Gasteiger partial charge in [-0.05, 0) is 20.8 Å². The number of guanidine groups is 1. The smallest absolute Gasteiger partial charge is 0.191 e. The zero-order valence-corrected chi connectivity index (χ0v) is 17.1. The molecule has 7 heteroatoms. The Labute approximate surface area is 164 Å². The summed E-state index contributed by atoms with van der Waals surface area (Å²) in [5, 5.41) is 14.3. The molecule has 6 nitrogen and oxygen atoms in total. The predicted octanol–water partition coefficient (Wildman–Crippen LogP) is 3.42. The minimum absolute atomic E-state index is 0.605. The highest BCUT2D eigenvalue weighted by molar-refractivity contribution is 7.09. The van der Waals surface area contributed by atoms with Crippen molar-refractivity contribution in [1.29, 1.82) is 0 Å². The van der Waals surface area contributed by atoms with E-state index >= 15 is 0 Å². The molecule has 1 aromatic carbocycles. The van der Waals surface area contributed by atoms with E-state index in [1.54, 1.807) is 11.3 Å². The van der Waals surface area contributed by atoms with Gasteiger partial charge in [0, 0.05) is 35.8 Å². The summed E-state index contributed by atoms with van der Waals surface area (Å²) in [5.74, 6) is 0.789. The van der Waals surface area contributed by atoms with E-state index < -0.39 is 0 Å². The lowest BCUT2D eigenvalue weighted by atomic mass is 10.2. The number of nitrogens with one attached hydrogen (secondary N) is 2. The first kappa shape index (κ1) is 19.1. The Kier molecular flexibility index (Phi) is 6.24. The van der Waals surface area contributed by atoms with Crippen LogP contribution in [0.25, 0.3) is 11.3 Å². The van der Waals surface area contributed by atoms with Crippen molar-refractivity contribution in [3.63, 3.8) is 0 Å². The monoisotopic (exact) mass is 382 g/mol. The molecule has 142 valence electrons. The summed E-state index contributed by atoms with van der Waals surface area (Å²) < 4.78 is 1.90. The molecule has 0 aliphatic carbocycles. The number of aryl methyl sites for hydroxylation is 2. The predicted molar refractivity (Wildman–Crippen MR) is 112 cm³/mol. The van der Waals surface area contributed by atoms with E-state index in [0.717, 1.165) is 40.2 Å². The van der Waals surface area contributed by atoms with Crippen molar-refractivity contribution in [2.45, 2.75) is 33.9 Å². The summed E-state index contributed by atoms with van der Waals surface area (Å²) in [5.41, 5.74) is 5.51. The number of aromatic nitrogens is 3. The van der Waals surface area contributed by atoms with Gasteiger partial charge in [-0.15, -0.1) is 11.3 Å². The molecule has 0 aliphatic heterocycles. The highest BCUT2D eigenvalue weighted by Crippen LogP contribution is 2.21. The first-order valence-corrected chi connectivity index (χ1v) is 9.97. The largest absolute Gasteiger partial charge is 0.357 e. The van der Waals surface area contributed by atoms with Gasteiger partial charge < -0.3 is 10.6 Å². The van der Waals surface area contributed by atoms with E-state index in [9.17, 15) is 0 Å². The normalized spacial score (nSPS) is 11.6. The standard InChI is InChI=1S/C20H26N6S/c1-5-21-20(22-11-17-14(2)25-26(4)15(17)3)23-12-19-24-18(13-27-19)16-9-7-6-8-10-16/h6-10,13H,5,11-12H2,1-4H3,(H2,21,22,23). The summed E-state index contributed by atoms with van der Waals surface area (Å²) in [6, 6.07) is 10.2. The van der Waals surface area contributed by atoms with Crippen LogP contribution < -0.4 is 10.6 Å². The molecule has 2 N–H and O–H groups in total. The quantitative estimate of drug-likeness (QED) is 0.506. The van der Waals surface area contributed by atoms with Gasteiger partial charge in [-0.1, -0.05) is 30.3 Å². The first-order valence-electron chi connectivity index (χ1n) is 9.09. The second kappa shape index (κ2) is 8.81. The lowest BCUT2D eigenvalue weighted by Gasteiger charge is -2.10. The van der Waals surface area contributed by atoms with Crippen LogP contribution in [0.3, 0.4) is 0 Å².